The summed E-state index contributed by atoms with van der Waals surface area (Å²) in [7, 11) is -4.12. The maximum atomic E-state index is 14.0. The Labute approximate surface area is 235 Å². The van der Waals surface area contributed by atoms with Gasteiger partial charge in [-0.05, 0) is 62.6 Å². The molecule has 0 radical (unpaired) electrons. The summed E-state index contributed by atoms with van der Waals surface area (Å²) < 4.78 is 28.6. The summed E-state index contributed by atoms with van der Waals surface area (Å²) in [6.45, 7) is 3.31. The Balaban J connectivity index is 1.68. The number of hydrogen-bond donors (Lipinski definition) is 1. The van der Waals surface area contributed by atoms with E-state index in [1.807, 2.05) is 31.2 Å². The number of anilines is 1. The van der Waals surface area contributed by atoms with Gasteiger partial charge in [0.2, 0.25) is 11.8 Å². The number of halogens is 1. The molecule has 206 valence electrons. The van der Waals surface area contributed by atoms with Crippen LogP contribution in [0.2, 0.25) is 5.02 Å². The lowest BCUT2D eigenvalue weighted by Crippen LogP contribution is -2.52. The van der Waals surface area contributed by atoms with Crippen molar-refractivity contribution in [3.05, 3.63) is 95.0 Å². The molecule has 0 aromatic heterocycles. The van der Waals surface area contributed by atoms with Gasteiger partial charge in [0, 0.05) is 17.6 Å². The number of carbonyl (C=O) groups is 2. The zero-order valence-corrected chi connectivity index (χ0v) is 23.8. The molecule has 0 unspecified atom stereocenters. The highest BCUT2D eigenvalue weighted by atomic mass is 35.5. The maximum absolute atomic E-state index is 14.0. The van der Waals surface area contributed by atoms with Crippen LogP contribution in [-0.4, -0.2) is 43.8 Å². The van der Waals surface area contributed by atoms with Crippen LogP contribution in [0.25, 0.3) is 0 Å². The largest absolute Gasteiger partial charge is 0.352 e. The van der Waals surface area contributed by atoms with Gasteiger partial charge in [-0.15, -0.1) is 0 Å². The zero-order chi connectivity index (χ0) is 28.0. The third-order valence-electron chi connectivity index (χ3n) is 7.01. The number of sulfonamides is 1. The minimum absolute atomic E-state index is 0.0510. The van der Waals surface area contributed by atoms with Crippen molar-refractivity contribution >= 4 is 39.1 Å². The second-order valence-corrected chi connectivity index (χ2v) is 12.3. The number of aryl methyl sites for hydroxylation is 1. The van der Waals surface area contributed by atoms with Crippen LogP contribution in [0, 0.1) is 6.92 Å². The maximum Gasteiger partial charge on any atom is 0.264 e. The molecule has 4 rings (SSSR count). The first kappa shape index (κ1) is 28.6. The van der Waals surface area contributed by atoms with Gasteiger partial charge in [-0.1, -0.05) is 78.5 Å². The molecular formula is C30H34ClN3O4S. The summed E-state index contributed by atoms with van der Waals surface area (Å²) in [6, 6.07) is 21.3. The van der Waals surface area contributed by atoms with Crippen molar-refractivity contribution in [1.82, 2.24) is 10.2 Å². The van der Waals surface area contributed by atoms with E-state index < -0.39 is 28.5 Å². The number of benzene rings is 3. The molecule has 1 fully saturated rings. The predicted molar refractivity (Wildman–Crippen MR) is 154 cm³/mol. The number of rotatable bonds is 10. The summed E-state index contributed by atoms with van der Waals surface area (Å²) >= 11 is 6.21. The fraction of sp³-hybridized carbons (Fsp3) is 0.333. The Morgan fingerprint density at radius 2 is 1.67 bits per heavy atom. The molecule has 3 aromatic rings. The van der Waals surface area contributed by atoms with Gasteiger partial charge in [-0.25, -0.2) is 8.42 Å². The molecule has 1 aliphatic carbocycles. The molecule has 1 aliphatic rings. The number of carbonyl (C=O) groups excluding carboxylic acids is 2. The van der Waals surface area contributed by atoms with Crippen molar-refractivity contribution < 1.29 is 18.0 Å². The highest BCUT2D eigenvalue weighted by molar-refractivity contribution is 7.92. The second-order valence-electron chi connectivity index (χ2n) is 9.98. The van der Waals surface area contributed by atoms with Crippen LogP contribution in [0.5, 0.6) is 0 Å². The molecule has 1 N–H and O–H groups in total. The Morgan fingerprint density at radius 3 is 2.33 bits per heavy atom. The van der Waals surface area contributed by atoms with Crippen LogP contribution in [0.4, 0.5) is 5.69 Å². The minimum Gasteiger partial charge on any atom is -0.352 e. The lowest BCUT2D eigenvalue weighted by atomic mass is 10.1. The third-order valence-corrected chi connectivity index (χ3v) is 9.03. The van der Waals surface area contributed by atoms with E-state index in [4.69, 9.17) is 11.6 Å². The normalized spacial score (nSPS) is 14.5. The third kappa shape index (κ3) is 7.19. The summed E-state index contributed by atoms with van der Waals surface area (Å²) in [5.41, 5.74) is 2.14. The average molecular weight is 568 g/mol. The molecular weight excluding hydrogens is 534 g/mol. The molecule has 0 aliphatic heterocycles. The lowest BCUT2D eigenvalue weighted by molar-refractivity contribution is -0.139. The van der Waals surface area contributed by atoms with Crippen molar-refractivity contribution in [3.63, 3.8) is 0 Å². The molecule has 1 atom stereocenters. The van der Waals surface area contributed by atoms with Crippen molar-refractivity contribution in [2.24, 2.45) is 0 Å². The van der Waals surface area contributed by atoms with Gasteiger partial charge in [-0.2, -0.15) is 0 Å². The Bertz CT molecular complexity index is 1410. The van der Waals surface area contributed by atoms with Gasteiger partial charge in [0.1, 0.15) is 12.6 Å². The minimum atomic E-state index is -4.12. The first-order valence-corrected chi connectivity index (χ1v) is 15.0. The second kappa shape index (κ2) is 12.7. The van der Waals surface area contributed by atoms with Gasteiger partial charge >= 0.3 is 0 Å². The van der Waals surface area contributed by atoms with Gasteiger partial charge < -0.3 is 10.2 Å². The molecule has 7 nitrogen and oxygen atoms in total. The molecule has 0 bridgehead atoms. The average Bonchev–Trinajstić information content (AvgIpc) is 3.43. The first-order valence-electron chi connectivity index (χ1n) is 13.1. The van der Waals surface area contributed by atoms with Gasteiger partial charge in [-0.3, -0.25) is 13.9 Å². The number of nitrogens with one attached hydrogen (secondary N) is 1. The van der Waals surface area contributed by atoms with Crippen LogP contribution in [0.15, 0.2) is 83.8 Å². The fourth-order valence-electron chi connectivity index (χ4n) is 4.86. The van der Waals surface area contributed by atoms with Crippen molar-refractivity contribution in [2.75, 3.05) is 10.8 Å². The van der Waals surface area contributed by atoms with E-state index >= 15 is 0 Å². The summed E-state index contributed by atoms with van der Waals surface area (Å²) in [5.74, 6) is -0.742. The molecule has 2 amide bonds. The van der Waals surface area contributed by atoms with Gasteiger partial charge in [0.05, 0.1) is 10.6 Å². The van der Waals surface area contributed by atoms with Crippen molar-refractivity contribution in [1.29, 1.82) is 0 Å². The van der Waals surface area contributed by atoms with Crippen LogP contribution < -0.4 is 9.62 Å². The van der Waals surface area contributed by atoms with Crippen molar-refractivity contribution in [3.8, 4) is 0 Å². The van der Waals surface area contributed by atoms with E-state index in [0.717, 1.165) is 41.1 Å². The van der Waals surface area contributed by atoms with Crippen LogP contribution in [0.1, 0.15) is 43.7 Å². The van der Waals surface area contributed by atoms with Gasteiger partial charge in [0.15, 0.2) is 0 Å². The number of nitrogens with zero attached hydrogens (tertiary/aromatic N) is 2. The summed E-state index contributed by atoms with van der Waals surface area (Å²) in [4.78, 5) is 28.7. The fourth-order valence-corrected chi connectivity index (χ4v) is 6.47. The Kier molecular flexibility index (Phi) is 9.30. The van der Waals surface area contributed by atoms with E-state index in [1.165, 1.54) is 23.1 Å². The molecule has 39 heavy (non-hydrogen) atoms. The quantitative estimate of drug-likeness (QED) is 0.359. The van der Waals surface area contributed by atoms with Crippen LogP contribution in [0.3, 0.4) is 0 Å². The highest BCUT2D eigenvalue weighted by Gasteiger charge is 2.33. The molecule has 0 saturated heterocycles. The number of hydrogen-bond acceptors (Lipinski definition) is 4. The Hall–Kier alpha value is -3.36. The van der Waals surface area contributed by atoms with E-state index in [2.05, 4.69) is 5.32 Å². The summed E-state index contributed by atoms with van der Waals surface area (Å²) in [5, 5.41) is 3.42. The molecule has 0 heterocycles. The SMILES string of the molecule is Cc1cccc(CN(C(=O)CN(c2cccc(Cl)c2)S(=O)(=O)c2ccccc2)[C@H](C)C(=O)NC2CCCC2)c1. The van der Waals surface area contributed by atoms with E-state index in [-0.39, 0.29) is 29.1 Å². The Morgan fingerprint density at radius 1 is 0.974 bits per heavy atom. The van der Waals surface area contributed by atoms with Crippen LogP contribution >= 0.6 is 11.6 Å². The lowest BCUT2D eigenvalue weighted by Gasteiger charge is -2.32. The van der Waals surface area contributed by atoms with Crippen LogP contribution in [-0.2, 0) is 26.2 Å². The zero-order valence-electron chi connectivity index (χ0n) is 22.2. The molecule has 9 heteroatoms. The molecule has 3 aromatic carbocycles. The highest BCUT2D eigenvalue weighted by Crippen LogP contribution is 2.27. The van der Waals surface area contributed by atoms with Gasteiger partial charge in [0.25, 0.3) is 10.0 Å². The number of amides is 2. The van der Waals surface area contributed by atoms with E-state index in [0.29, 0.717) is 5.02 Å². The molecule has 1 saturated carbocycles. The first-order chi connectivity index (χ1) is 18.6. The van der Waals surface area contributed by atoms with E-state index in [1.54, 1.807) is 43.3 Å². The smallest absolute Gasteiger partial charge is 0.264 e. The predicted octanol–water partition coefficient (Wildman–Crippen LogP) is 5.32. The standard InChI is InChI=1S/C30H34ClN3O4S/c1-22-10-8-11-24(18-22)20-33(23(2)30(36)32-26-13-6-7-14-26)29(35)21-34(27-15-9-12-25(31)19-27)39(37,38)28-16-4-3-5-17-28/h3-5,8-12,15-19,23,26H,6-7,13-14,20-21H2,1-2H3,(H,32,36)/t23-/m1/s1. The monoisotopic (exact) mass is 567 g/mol. The van der Waals surface area contributed by atoms with Crippen molar-refractivity contribution in [2.45, 2.75) is 63.1 Å². The molecule has 0 spiro atoms. The van der Waals surface area contributed by atoms with E-state index in [9.17, 15) is 18.0 Å². The topological polar surface area (TPSA) is 86.8 Å². The summed E-state index contributed by atoms with van der Waals surface area (Å²) in [6.07, 6.45) is 3.97.